The number of halogens is 1. The quantitative estimate of drug-likeness (QED) is 0.620. The van der Waals surface area contributed by atoms with Crippen LogP contribution in [0.1, 0.15) is 33.9 Å². The van der Waals surface area contributed by atoms with Gasteiger partial charge in [-0.2, -0.15) is 4.57 Å². The molecule has 1 heterocycles. The number of benzene rings is 1. The molecule has 0 aliphatic rings. The fourth-order valence-electron chi connectivity index (χ4n) is 1.85. The van der Waals surface area contributed by atoms with E-state index in [-0.39, 0.29) is 11.8 Å². The molecule has 0 N–H and O–H groups in total. The summed E-state index contributed by atoms with van der Waals surface area (Å²) in [5.41, 5.74) is 3.94. The first kappa shape index (κ1) is 13.4. The van der Waals surface area contributed by atoms with Crippen molar-refractivity contribution in [1.29, 1.82) is 0 Å². The largest absolute Gasteiger partial charge is 0.287 e. The number of carbonyl (C=O) groups excluding carboxylic acids is 1. The van der Waals surface area contributed by atoms with E-state index in [2.05, 4.69) is 29.8 Å². The van der Waals surface area contributed by atoms with Gasteiger partial charge >= 0.3 is 0 Å². The molecule has 0 radical (unpaired) electrons. The Labute approximate surface area is 119 Å². The van der Waals surface area contributed by atoms with Gasteiger partial charge in [-0.05, 0) is 19.1 Å². The lowest BCUT2D eigenvalue weighted by atomic mass is 10.1. The number of aromatic nitrogens is 1. The van der Waals surface area contributed by atoms with Crippen molar-refractivity contribution in [3.05, 3.63) is 50.4 Å². The maximum Gasteiger partial charge on any atom is 0.230 e. The number of hydrogen-bond donors (Lipinski definition) is 0. The van der Waals surface area contributed by atoms with Gasteiger partial charge in [0.2, 0.25) is 17.3 Å². The number of carbonyl (C=O) groups is 1. The summed E-state index contributed by atoms with van der Waals surface area (Å²) in [5, 5.41) is 0. The Balaban J connectivity index is 2.29. The standard InChI is InChI=1S/C14H15BrNOS/c1-9-11(3)18-8-16(9)10(2)14(17)12-4-6-13(15)7-5-12/h4-8,10H,1-3H3/q+1. The second-order valence-corrected chi connectivity index (χ2v) is 6.29. The molecule has 4 heteroatoms. The molecule has 1 aromatic heterocycles. The Morgan fingerprint density at radius 2 is 1.89 bits per heavy atom. The Kier molecular flexibility index (Phi) is 3.97. The zero-order valence-corrected chi connectivity index (χ0v) is 13.0. The third kappa shape index (κ3) is 2.54. The molecule has 0 amide bonds. The zero-order chi connectivity index (χ0) is 13.3. The topological polar surface area (TPSA) is 20.9 Å². The van der Waals surface area contributed by atoms with Crippen molar-refractivity contribution in [2.24, 2.45) is 0 Å². The van der Waals surface area contributed by atoms with Crippen molar-refractivity contribution in [1.82, 2.24) is 0 Å². The molecule has 0 bridgehead atoms. The number of Topliss-reactive ketones (excluding diaryl/α,β-unsaturated/α-hetero) is 1. The highest BCUT2D eigenvalue weighted by Crippen LogP contribution is 2.16. The van der Waals surface area contributed by atoms with Crippen LogP contribution in [0, 0.1) is 13.8 Å². The zero-order valence-electron chi connectivity index (χ0n) is 10.6. The van der Waals surface area contributed by atoms with Crippen molar-refractivity contribution < 1.29 is 9.36 Å². The lowest BCUT2D eigenvalue weighted by molar-refractivity contribution is -0.705. The molecule has 0 saturated carbocycles. The van der Waals surface area contributed by atoms with E-state index in [1.807, 2.05) is 41.3 Å². The summed E-state index contributed by atoms with van der Waals surface area (Å²) in [5.74, 6) is 0.147. The molecule has 0 aliphatic carbocycles. The maximum atomic E-state index is 12.4. The average Bonchev–Trinajstić information content (AvgIpc) is 2.69. The van der Waals surface area contributed by atoms with Gasteiger partial charge in [-0.15, -0.1) is 0 Å². The van der Waals surface area contributed by atoms with Crippen LogP contribution in [0.25, 0.3) is 0 Å². The highest BCUT2D eigenvalue weighted by molar-refractivity contribution is 9.10. The number of rotatable bonds is 3. The Morgan fingerprint density at radius 3 is 2.39 bits per heavy atom. The molecule has 2 aromatic rings. The molecule has 1 unspecified atom stereocenters. The van der Waals surface area contributed by atoms with Crippen LogP contribution in [0.5, 0.6) is 0 Å². The molecule has 1 aromatic carbocycles. The van der Waals surface area contributed by atoms with Gasteiger partial charge in [0.25, 0.3) is 0 Å². The molecule has 0 fully saturated rings. The molecule has 0 spiro atoms. The van der Waals surface area contributed by atoms with Gasteiger partial charge in [-0.1, -0.05) is 39.4 Å². The fraction of sp³-hybridized carbons (Fsp3) is 0.286. The Morgan fingerprint density at radius 1 is 1.28 bits per heavy atom. The second kappa shape index (κ2) is 5.33. The highest BCUT2D eigenvalue weighted by Gasteiger charge is 2.27. The van der Waals surface area contributed by atoms with Gasteiger partial charge in [0, 0.05) is 23.9 Å². The minimum absolute atomic E-state index is 0.147. The Bertz CT molecular complexity index is 574. The summed E-state index contributed by atoms with van der Waals surface area (Å²) in [6.07, 6.45) is 0. The molecule has 1 atom stereocenters. The lowest BCUT2D eigenvalue weighted by Gasteiger charge is -2.06. The van der Waals surface area contributed by atoms with Crippen molar-refractivity contribution in [2.75, 3.05) is 0 Å². The van der Waals surface area contributed by atoms with Crippen LogP contribution in [0.15, 0.2) is 34.2 Å². The highest BCUT2D eigenvalue weighted by atomic mass is 79.9. The predicted molar refractivity (Wildman–Crippen MR) is 77.2 cm³/mol. The summed E-state index contributed by atoms with van der Waals surface area (Å²) in [6, 6.07) is 7.36. The van der Waals surface area contributed by atoms with Crippen LogP contribution in [0.2, 0.25) is 0 Å². The fourth-order valence-corrected chi connectivity index (χ4v) is 3.00. The minimum atomic E-state index is -0.156. The van der Waals surface area contributed by atoms with E-state index < -0.39 is 0 Å². The van der Waals surface area contributed by atoms with Gasteiger partial charge in [-0.25, -0.2) is 0 Å². The number of thiazole rings is 1. The van der Waals surface area contributed by atoms with E-state index in [4.69, 9.17) is 0 Å². The molecule has 2 rings (SSSR count). The van der Waals surface area contributed by atoms with E-state index in [0.29, 0.717) is 0 Å². The molecule has 0 saturated heterocycles. The monoisotopic (exact) mass is 324 g/mol. The molecular weight excluding hydrogens is 310 g/mol. The van der Waals surface area contributed by atoms with Gasteiger partial charge in [0.05, 0.1) is 4.88 Å². The van der Waals surface area contributed by atoms with Crippen LogP contribution in [-0.4, -0.2) is 5.78 Å². The van der Waals surface area contributed by atoms with Crippen molar-refractivity contribution in [2.45, 2.75) is 26.8 Å². The molecule has 94 valence electrons. The Hall–Kier alpha value is -1.00. The van der Waals surface area contributed by atoms with Gasteiger partial charge < -0.3 is 0 Å². The van der Waals surface area contributed by atoms with Crippen molar-refractivity contribution >= 4 is 33.0 Å². The van der Waals surface area contributed by atoms with Crippen molar-refractivity contribution in [3.63, 3.8) is 0 Å². The summed E-state index contributed by atoms with van der Waals surface area (Å²) in [7, 11) is 0. The molecular formula is C14H15BrNOS+. The number of hydrogen-bond acceptors (Lipinski definition) is 2. The number of aryl methyl sites for hydroxylation is 1. The van der Waals surface area contributed by atoms with E-state index in [9.17, 15) is 4.79 Å². The van der Waals surface area contributed by atoms with Crippen LogP contribution in [0.4, 0.5) is 0 Å². The summed E-state index contributed by atoms with van der Waals surface area (Å²) >= 11 is 5.05. The van der Waals surface area contributed by atoms with E-state index in [1.165, 1.54) is 4.88 Å². The van der Waals surface area contributed by atoms with Crippen molar-refractivity contribution in [3.8, 4) is 0 Å². The second-order valence-electron chi connectivity index (χ2n) is 4.32. The first-order chi connectivity index (χ1) is 8.50. The third-order valence-electron chi connectivity index (χ3n) is 3.17. The maximum absolute atomic E-state index is 12.4. The number of ketones is 1. The molecule has 2 nitrogen and oxygen atoms in total. The summed E-state index contributed by atoms with van der Waals surface area (Å²) in [4.78, 5) is 13.6. The van der Waals surface area contributed by atoms with E-state index in [0.717, 1.165) is 15.7 Å². The predicted octanol–water partition coefficient (Wildman–Crippen LogP) is 3.86. The van der Waals surface area contributed by atoms with Crippen LogP contribution in [-0.2, 0) is 0 Å². The third-order valence-corrected chi connectivity index (χ3v) is 4.68. The smallest absolute Gasteiger partial charge is 0.230 e. The van der Waals surface area contributed by atoms with Crippen LogP contribution >= 0.6 is 27.3 Å². The van der Waals surface area contributed by atoms with E-state index in [1.54, 1.807) is 11.3 Å². The minimum Gasteiger partial charge on any atom is -0.287 e. The molecule has 18 heavy (non-hydrogen) atoms. The average molecular weight is 325 g/mol. The molecule has 0 aliphatic heterocycles. The SMILES string of the molecule is Cc1sc[n+](C(C)C(=O)c2ccc(Br)cc2)c1C. The van der Waals surface area contributed by atoms with Crippen LogP contribution < -0.4 is 4.57 Å². The first-order valence-electron chi connectivity index (χ1n) is 5.76. The van der Waals surface area contributed by atoms with E-state index >= 15 is 0 Å². The first-order valence-corrected chi connectivity index (χ1v) is 7.43. The lowest BCUT2D eigenvalue weighted by Crippen LogP contribution is -2.42. The van der Waals surface area contributed by atoms with Gasteiger partial charge in [0.15, 0.2) is 5.69 Å². The number of nitrogens with zero attached hydrogens (tertiary/aromatic N) is 1. The van der Waals surface area contributed by atoms with Gasteiger partial charge in [-0.3, -0.25) is 4.79 Å². The normalized spacial score (nSPS) is 12.4. The van der Waals surface area contributed by atoms with Crippen LogP contribution in [0.3, 0.4) is 0 Å². The summed E-state index contributed by atoms with van der Waals surface area (Å²) < 4.78 is 3.03. The van der Waals surface area contributed by atoms with Gasteiger partial charge in [0.1, 0.15) is 0 Å². The summed E-state index contributed by atoms with van der Waals surface area (Å²) in [6.45, 7) is 6.08.